The molecule has 0 spiro atoms. The van der Waals surface area contributed by atoms with E-state index >= 15 is 0 Å². The van der Waals surface area contributed by atoms with E-state index in [1.165, 1.54) is 54.7 Å². The fourth-order valence-corrected chi connectivity index (χ4v) is 5.00. The number of sulfone groups is 1. The van der Waals surface area contributed by atoms with Crippen molar-refractivity contribution in [1.29, 1.82) is 0 Å². The monoisotopic (exact) mass is 452 g/mol. The van der Waals surface area contributed by atoms with Gasteiger partial charge in [-0.3, -0.25) is 4.79 Å². The fraction of sp³-hybridized carbons (Fsp3) is 0.316. The summed E-state index contributed by atoms with van der Waals surface area (Å²) >= 11 is 1.19. The highest BCUT2D eigenvalue weighted by Crippen LogP contribution is 2.38. The third kappa shape index (κ3) is 4.31. The van der Waals surface area contributed by atoms with Crippen LogP contribution in [0.15, 0.2) is 29.2 Å². The Kier molecular flexibility index (Phi) is 6.13. The van der Waals surface area contributed by atoms with Crippen LogP contribution in [0.25, 0.3) is 0 Å². The molecule has 0 fully saturated rings. The first-order valence-corrected chi connectivity index (χ1v) is 11.5. The van der Waals surface area contributed by atoms with E-state index in [0.717, 1.165) is 16.7 Å². The molecule has 2 heterocycles. The standard InChI is InChI=1S/C19H20N2O7S2/c1-27-18(23)15-13-8-9-21(19(24)28-2)10-14(13)29-17(15)20-16(22)11-4-6-12(7-5-11)30(3,25)26/h4-7H,8-10H2,1-3H3,(H,20,22). The fourth-order valence-electron chi connectivity index (χ4n) is 3.12. The molecule has 0 saturated heterocycles. The van der Waals surface area contributed by atoms with Crippen molar-refractivity contribution in [2.24, 2.45) is 0 Å². The summed E-state index contributed by atoms with van der Waals surface area (Å²) in [6.07, 6.45) is 1.04. The molecule has 0 aliphatic carbocycles. The number of thiophene rings is 1. The summed E-state index contributed by atoms with van der Waals surface area (Å²) in [5.74, 6) is -1.08. The van der Waals surface area contributed by atoms with E-state index in [1.807, 2.05) is 0 Å². The quantitative estimate of drug-likeness (QED) is 0.707. The number of carbonyl (C=O) groups excluding carboxylic acids is 3. The maximum atomic E-state index is 12.7. The number of fused-ring (bicyclic) bond motifs is 1. The molecule has 160 valence electrons. The second kappa shape index (κ2) is 8.44. The molecule has 9 nitrogen and oxygen atoms in total. The molecule has 2 amide bonds. The van der Waals surface area contributed by atoms with Gasteiger partial charge in [0.2, 0.25) is 0 Å². The molecule has 3 rings (SSSR count). The van der Waals surface area contributed by atoms with Gasteiger partial charge in [0.1, 0.15) is 5.00 Å². The number of methoxy groups -OCH3 is 2. The minimum Gasteiger partial charge on any atom is -0.465 e. The Hall–Kier alpha value is -2.92. The normalized spacial score (nSPS) is 13.4. The zero-order chi connectivity index (χ0) is 22.1. The number of hydrogen-bond donors (Lipinski definition) is 1. The van der Waals surface area contributed by atoms with Gasteiger partial charge in [-0.15, -0.1) is 11.3 Å². The number of ether oxygens (including phenoxy) is 2. The number of anilines is 1. The summed E-state index contributed by atoms with van der Waals surface area (Å²) in [5, 5.41) is 3.03. The van der Waals surface area contributed by atoms with Crippen molar-refractivity contribution in [2.75, 3.05) is 32.3 Å². The average molecular weight is 453 g/mol. The van der Waals surface area contributed by atoms with E-state index in [4.69, 9.17) is 9.47 Å². The Labute approximate surface area is 177 Å². The Morgan fingerprint density at radius 2 is 1.77 bits per heavy atom. The molecule has 30 heavy (non-hydrogen) atoms. The van der Waals surface area contributed by atoms with Crippen molar-refractivity contribution in [3.05, 3.63) is 45.8 Å². The van der Waals surface area contributed by atoms with Crippen molar-refractivity contribution in [3.8, 4) is 0 Å². The lowest BCUT2D eigenvalue weighted by atomic mass is 10.0. The molecule has 0 radical (unpaired) electrons. The predicted octanol–water partition coefficient (Wildman–Crippen LogP) is 2.32. The maximum absolute atomic E-state index is 12.7. The summed E-state index contributed by atoms with van der Waals surface area (Å²) in [7, 11) is -0.822. The first kappa shape index (κ1) is 21.8. The number of hydrogen-bond acceptors (Lipinski definition) is 8. The summed E-state index contributed by atoms with van der Waals surface area (Å²) in [5.41, 5.74) is 1.23. The molecule has 1 aliphatic rings. The highest BCUT2D eigenvalue weighted by molar-refractivity contribution is 7.90. The Balaban J connectivity index is 1.90. The highest BCUT2D eigenvalue weighted by Gasteiger charge is 2.31. The number of amides is 2. The van der Waals surface area contributed by atoms with Gasteiger partial charge in [-0.2, -0.15) is 0 Å². The van der Waals surface area contributed by atoms with Gasteiger partial charge in [-0.1, -0.05) is 0 Å². The minimum atomic E-state index is -3.38. The van der Waals surface area contributed by atoms with Gasteiger partial charge in [0.15, 0.2) is 9.84 Å². The van der Waals surface area contributed by atoms with Gasteiger partial charge >= 0.3 is 12.1 Å². The van der Waals surface area contributed by atoms with Crippen LogP contribution in [0.2, 0.25) is 0 Å². The number of rotatable bonds is 4. The van der Waals surface area contributed by atoms with E-state index in [2.05, 4.69) is 5.32 Å². The Morgan fingerprint density at radius 3 is 2.33 bits per heavy atom. The number of nitrogens with zero attached hydrogens (tertiary/aromatic N) is 1. The number of benzene rings is 1. The molecule has 1 N–H and O–H groups in total. The van der Waals surface area contributed by atoms with Crippen LogP contribution in [0.1, 0.15) is 31.2 Å². The third-order valence-electron chi connectivity index (χ3n) is 4.65. The molecule has 1 aliphatic heterocycles. The van der Waals surface area contributed by atoms with Crippen molar-refractivity contribution >= 4 is 44.1 Å². The molecule has 0 saturated carbocycles. The molecule has 1 aromatic heterocycles. The zero-order valence-corrected chi connectivity index (χ0v) is 18.2. The van der Waals surface area contributed by atoms with Crippen molar-refractivity contribution < 1.29 is 32.3 Å². The largest absolute Gasteiger partial charge is 0.465 e. The smallest absolute Gasteiger partial charge is 0.409 e. The molecule has 0 unspecified atom stereocenters. The molecular formula is C19H20N2O7S2. The van der Waals surface area contributed by atoms with Crippen LogP contribution in [-0.2, 0) is 32.3 Å². The first-order chi connectivity index (χ1) is 14.2. The van der Waals surface area contributed by atoms with Gasteiger partial charge in [-0.05, 0) is 36.2 Å². The molecule has 2 aromatic rings. The van der Waals surface area contributed by atoms with Gasteiger partial charge in [-0.25, -0.2) is 18.0 Å². The maximum Gasteiger partial charge on any atom is 0.409 e. The van der Waals surface area contributed by atoms with Crippen LogP contribution >= 0.6 is 11.3 Å². The number of carbonyl (C=O) groups is 3. The van der Waals surface area contributed by atoms with E-state index < -0.39 is 27.8 Å². The van der Waals surface area contributed by atoms with Gasteiger partial charge in [0, 0.05) is 23.2 Å². The van der Waals surface area contributed by atoms with Crippen LogP contribution in [0.3, 0.4) is 0 Å². The minimum absolute atomic E-state index is 0.101. The average Bonchev–Trinajstić information content (AvgIpc) is 3.08. The molecule has 11 heteroatoms. The predicted molar refractivity (Wildman–Crippen MR) is 110 cm³/mol. The second-order valence-electron chi connectivity index (χ2n) is 6.59. The van der Waals surface area contributed by atoms with E-state index in [-0.39, 0.29) is 22.6 Å². The first-order valence-electron chi connectivity index (χ1n) is 8.83. The highest BCUT2D eigenvalue weighted by atomic mass is 32.2. The lowest BCUT2D eigenvalue weighted by Crippen LogP contribution is -2.35. The molecular weight excluding hydrogens is 432 g/mol. The summed E-state index contributed by atoms with van der Waals surface area (Å²) in [4.78, 5) is 39.2. The van der Waals surface area contributed by atoms with Crippen LogP contribution in [0.5, 0.6) is 0 Å². The summed E-state index contributed by atoms with van der Waals surface area (Å²) < 4.78 is 32.8. The lowest BCUT2D eigenvalue weighted by molar-refractivity contribution is 0.0600. The van der Waals surface area contributed by atoms with Gasteiger partial charge in [0.25, 0.3) is 5.91 Å². The van der Waals surface area contributed by atoms with Gasteiger partial charge < -0.3 is 19.7 Å². The molecule has 0 atom stereocenters. The van der Waals surface area contributed by atoms with Gasteiger partial charge in [0.05, 0.1) is 31.2 Å². The SMILES string of the molecule is COC(=O)c1c(NC(=O)c2ccc(S(C)(=O)=O)cc2)sc2c1CCN(C(=O)OC)C2. The summed E-state index contributed by atoms with van der Waals surface area (Å²) in [6, 6.07) is 5.49. The molecule has 0 bridgehead atoms. The second-order valence-corrected chi connectivity index (χ2v) is 9.71. The third-order valence-corrected chi connectivity index (χ3v) is 6.91. The van der Waals surface area contributed by atoms with E-state index in [0.29, 0.717) is 18.0 Å². The Bertz CT molecular complexity index is 1100. The number of nitrogens with one attached hydrogen (secondary N) is 1. The Morgan fingerprint density at radius 1 is 1.10 bits per heavy atom. The number of esters is 1. The lowest BCUT2D eigenvalue weighted by Gasteiger charge is -2.25. The van der Waals surface area contributed by atoms with Crippen LogP contribution in [-0.4, -0.2) is 58.3 Å². The van der Waals surface area contributed by atoms with E-state index in [1.54, 1.807) is 0 Å². The van der Waals surface area contributed by atoms with E-state index in [9.17, 15) is 22.8 Å². The molecule has 1 aromatic carbocycles. The van der Waals surface area contributed by atoms with Crippen molar-refractivity contribution in [2.45, 2.75) is 17.9 Å². The van der Waals surface area contributed by atoms with Crippen LogP contribution in [0.4, 0.5) is 9.80 Å². The van der Waals surface area contributed by atoms with Crippen LogP contribution in [0, 0.1) is 0 Å². The van der Waals surface area contributed by atoms with Crippen molar-refractivity contribution in [3.63, 3.8) is 0 Å². The zero-order valence-electron chi connectivity index (χ0n) is 16.6. The van der Waals surface area contributed by atoms with Crippen molar-refractivity contribution in [1.82, 2.24) is 4.90 Å². The van der Waals surface area contributed by atoms with Crippen LogP contribution < -0.4 is 5.32 Å². The topological polar surface area (TPSA) is 119 Å². The summed E-state index contributed by atoms with van der Waals surface area (Å²) in [6.45, 7) is 0.635.